The van der Waals surface area contributed by atoms with Gasteiger partial charge in [-0.1, -0.05) is 54.1 Å². The highest BCUT2D eigenvalue weighted by Crippen LogP contribution is 2.65. The van der Waals surface area contributed by atoms with E-state index in [-0.39, 0.29) is 5.78 Å². The number of benzene rings is 2. The Morgan fingerprint density at radius 3 is 2.36 bits per heavy atom. The molecule has 136 valence electrons. The number of aryl methyl sites for hydroxylation is 1. The molecule has 0 unspecified atom stereocenters. The van der Waals surface area contributed by atoms with Crippen molar-refractivity contribution in [1.29, 1.82) is 10.5 Å². The van der Waals surface area contributed by atoms with Gasteiger partial charge in [0.2, 0.25) is 0 Å². The van der Waals surface area contributed by atoms with E-state index in [4.69, 9.17) is 11.6 Å². The Hall–Kier alpha value is -2.99. The van der Waals surface area contributed by atoms with E-state index in [1.54, 1.807) is 31.2 Å². The summed E-state index contributed by atoms with van der Waals surface area (Å²) in [6.07, 6.45) is 0. The molecule has 1 fully saturated rings. The first-order valence-electron chi connectivity index (χ1n) is 8.67. The topological polar surface area (TPSA) is 77.5 Å². The maximum absolute atomic E-state index is 13.3. The number of carbonyl (C=O) groups excluding carboxylic acids is 1. The maximum atomic E-state index is 13.3. The fourth-order valence-corrected chi connectivity index (χ4v) is 4.82. The number of carbonyl (C=O) groups is 1. The lowest BCUT2D eigenvalue weighted by Crippen LogP contribution is -2.08. The van der Waals surface area contributed by atoms with Crippen LogP contribution in [0.4, 0.5) is 0 Å². The Bertz CT molecular complexity index is 1130. The first-order chi connectivity index (χ1) is 13.5. The summed E-state index contributed by atoms with van der Waals surface area (Å²) in [5.41, 5.74) is 0.983. The molecule has 0 amide bonds. The van der Waals surface area contributed by atoms with Gasteiger partial charge in [-0.15, -0.1) is 11.3 Å². The summed E-state index contributed by atoms with van der Waals surface area (Å²) in [5.74, 6) is -1.36. The number of thiazole rings is 1. The van der Waals surface area contributed by atoms with Crippen molar-refractivity contribution >= 4 is 28.7 Å². The molecular formula is C22H14ClN3OS. The molecule has 1 saturated carbocycles. The summed E-state index contributed by atoms with van der Waals surface area (Å²) in [5, 5.41) is 20.7. The van der Waals surface area contributed by atoms with Crippen molar-refractivity contribution in [1.82, 2.24) is 4.98 Å². The minimum atomic E-state index is -1.35. The van der Waals surface area contributed by atoms with Crippen LogP contribution in [-0.2, 0) is 0 Å². The van der Waals surface area contributed by atoms with Crippen LogP contribution in [0.1, 0.15) is 26.8 Å². The van der Waals surface area contributed by atoms with Gasteiger partial charge in [-0.25, -0.2) is 4.98 Å². The van der Waals surface area contributed by atoms with E-state index in [2.05, 4.69) is 17.1 Å². The Morgan fingerprint density at radius 2 is 1.75 bits per heavy atom. The van der Waals surface area contributed by atoms with Crippen molar-refractivity contribution in [3.05, 3.63) is 75.8 Å². The fraction of sp³-hybridized carbons (Fsp3) is 0.182. The number of hydrogen-bond donors (Lipinski definition) is 0. The van der Waals surface area contributed by atoms with Crippen LogP contribution < -0.4 is 0 Å². The molecule has 0 saturated heterocycles. The average molecular weight is 404 g/mol. The van der Waals surface area contributed by atoms with Crippen LogP contribution in [0.25, 0.3) is 10.6 Å². The second kappa shape index (κ2) is 6.87. The summed E-state index contributed by atoms with van der Waals surface area (Å²) >= 11 is 7.26. The number of Topliss-reactive ketones (excluding diaryl/α,β-unsaturated/α-hetero) is 1. The second-order valence-electron chi connectivity index (χ2n) is 6.76. The highest BCUT2D eigenvalue weighted by Gasteiger charge is 2.71. The minimum Gasteiger partial charge on any atom is -0.293 e. The zero-order chi connectivity index (χ0) is 19.9. The molecule has 1 aliphatic carbocycles. The van der Waals surface area contributed by atoms with E-state index in [1.165, 1.54) is 11.3 Å². The van der Waals surface area contributed by atoms with Crippen LogP contribution in [0.3, 0.4) is 0 Å². The van der Waals surface area contributed by atoms with E-state index in [9.17, 15) is 15.3 Å². The lowest BCUT2D eigenvalue weighted by molar-refractivity contribution is 0.0961. The molecule has 0 aliphatic heterocycles. The Labute approximate surface area is 171 Å². The molecule has 0 bridgehead atoms. The van der Waals surface area contributed by atoms with Crippen LogP contribution in [-0.4, -0.2) is 10.8 Å². The fourth-order valence-electron chi connectivity index (χ4n) is 3.65. The van der Waals surface area contributed by atoms with E-state index >= 15 is 0 Å². The number of rotatable bonds is 4. The lowest BCUT2D eigenvalue weighted by Gasteiger charge is -1.99. The van der Waals surface area contributed by atoms with Crippen LogP contribution in [0.5, 0.6) is 0 Å². The molecule has 6 heteroatoms. The molecule has 1 aliphatic rings. The van der Waals surface area contributed by atoms with Gasteiger partial charge in [0.25, 0.3) is 0 Å². The van der Waals surface area contributed by atoms with Gasteiger partial charge in [-0.05, 0) is 24.6 Å². The standard InChI is InChI=1S/C22H14ClN3OS/c1-13-20(28-21(26-13)15-5-3-2-4-6-15)19(27)18-17(22(18,11-24)12-25)14-7-9-16(23)10-8-14/h2-10,17-18H,1H3/t17-,18+/m0/s1. The summed E-state index contributed by atoms with van der Waals surface area (Å²) < 4.78 is 0. The molecule has 4 nitrogen and oxygen atoms in total. The van der Waals surface area contributed by atoms with E-state index in [1.807, 2.05) is 30.3 Å². The molecule has 28 heavy (non-hydrogen) atoms. The summed E-state index contributed by atoms with van der Waals surface area (Å²) in [4.78, 5) is 18.3. The van der Waals surface area contributed by atoms with E-state index < -0.39 is 17.3 Å². The van der Waals surface area contributed by atoms with Crippen LogP contribution in [0, 0.1) is 40.9 Å². The zero-order valence-electron chi connectivity index (χ0n) is 14.9. The number of nitrogens with zero attached hydrogens (tertiary/aromatic N) is 3. The molecule has 3 aromatic rings. The monoisotopic (exact) mass is 403 g/mol. The molecule has 2 atom stereocenters. The molecular weight excluding hydrogens is 390 g/mol. The Kier molecular flexibility index (Phi) is 4.51. The summed E-state index contributed by atoms with van der Waals surface area (Å²) in [6, 6.07) is 20.8. The van der Waals surface area contributed by atoms with Crippen LogP contribution >= 0.6 is 22.9 Å². The van der Waals surface area contributed by atoms with Gasteiger partial charge in [0.05, 0.1) is 28.6 Å². The molecule has 0 N–H and O–H groups in total. The third kappa shape index (κ3) is 2.81. The van der Waals surface area contributed by atoms with Gasteiger partial charge < -0.3 is 0 Å². The van der Waals surface area contributed by atoms with Crippen molar-refractivity contribution in [2.45, 2.75) is 12.8 Å². The van der Waals surface area contributed by atoms with Gasteiger partial charge >= 0.3 is 0 Å². The van der Waals surface area contributed by atoms with E-state index in [0.29, 0.717) is 15.6 Å². The van der Waals surface area contributed by atoms with E-state index in [0.717, 1.165) is 16.1 Å². The molecule has 1 aromatic heterocycles. The van der Waals surface area contributed by atoms with Crippen molar-refractivity contribution < 1.29 is 4.79 Å². The minimum absolute atomic E-state index is 0.194. The van der Waals surface area contributed by atoms with Gasteiger partial charge in [-0.3, -0.25) is 4.79 Å². The average Bonchev–Trinajstić information content (AvgIpc) is 3.25. The van der Waals surface area contributed by atoms with Crippen molar-refractivity contribution in [3.63, 3.8) is 0 Å². The van der Waals surface area contributed by atoms with Crippen LogP contribution in [0.15, 0.2) is 54.6 Å². The highest BCUT2D eigenvalue weighted by atomic mass is 35.5. The van der Waals surface area contributed by atoms with Gasteiger partial charge in [0.15, 0.2) is 11.2 Å². The van der Waals surface area contributed by atoms with Gasteiger partial charge in [0, 0.05) is 16.5 Å². The van der Waals surface area contributed by atoms with Crippen molar-refractivity contribution in [3.8, 4) is 22.7 Å². The number of nitriles is 2. The number of halogens is 1. The van der Waals surface area contributed by atoms with Crippen LogP contribution in [0.2, 0.25) is 5.02 Å². The molecule has 0 spiro atoms. The van der Waals surface area contributed by atoms with Crippen molar-refractivity contribution in [2.75, 3.05) is 0 Å². The molecule has 0 radical (unpaired) electrons. The van der Waals surface area contributed by atoms with Gasteiger partial charge in [-0.2, -0.15) is 10.5 Å². The predicted molar refractivity (Wildman–Crippen MR) is 108 cm³/mol. The third-order valence-corrected chi connectivity index (χ3v) is 6.60. The summed E-state index contributed by atoms with van der Waals surface area (Å²) in [7, 11) is 0. The number of aromatic nitrogens is 1. The number of ketones is 1. The highest BCUT2D eigenvalue weighted by molar-refractivity contribution is 7.17. The quantitative estimate of drug-likeness (QED) is 0.546. The molecule has 1 heterocycles. The summed E-state index contributed by atoms with van der Waals surface area (Å²) in [6.45, 7) is 1.79. The third-order valence-electron chi connectivity index (χ3n) is 5.13. The normalized spacial score (nSPS) is 19.4. The van der Waals surface area contributed by atoms with Crippen molar-refractivity contribution in [2.24, 2.45) is 11.3 Å². The number of hydrogen-bond acceptors (Lipinski definition) is 5. The Balaban J connectivity index is 1.71. The first kappa shape index (κ1) is 18.4. The molecule has 4 rings (SSSR count). The first-order valence-corrected chi connectivity index (χ1v) is 9.86. The molecule has 2 aromatic carbocycles. The zero-order valence-corrected chi connectivity index (χ0v) is 16.5. The largest absolute Gasteiger partial charge is 0.293 e. The second-order valence-corrected chi connectivity index (χ2v) is 8.20. The Morgan fingerprint density at radius 1 is 1.11 bits per heavy atom. The van der Waals surface area contributed by atoms with Gasteiger partial charge in [0.1, 0.15) is 5.01 Å². The SMILES string of the molecule is Cc1nc(-c2ccccc2)sc1C(=O)[C@H]1[C@H](c2ccc(Cl)cc2)C1(C#N)C#N. The lowest BCUT2D eigenvalue weighted by atomic mass is 10.0. The maximum Gasteiger partial charge on any atom is 0.181 e. The smallest absolute Gasteiger partial charge is 0.181 e. The predicted octanol–water partition coefficient (Wildman–Crippen LogP) is 5.40.